The van der Waals surface area contributed by atoms with Crippen LogP contribution in [0.3, 0.4) is 0 Å². The van der Waals surface area contributed by atoms with E-state index in [2.05, 4.69) is 0 Å². The van der Waals surface area contributed by atoms with Crippen molar-refractivity contribution in [1.82, 2.24) is 4.68 Å². The fourth-order valence-corrected chi connectivity index (χ4v) is 1.80. The molecule has 2 aromatic rings. The van der Waals surface area contributed by atoms with Gasteiger partial charge >= 0.3 is 18.1 Å². The summed E-state index contributed by atoms with van der Waals surface area (Å²) >= 11 is 0. The summed E-state index contributed by atoms with van der Waals surface area (Å²) < 4.78 is 42.7. The first-order valence-corrected chi connectivity index (χ1v) is 6.00. The standard InChI is InChI=1S/C13H11F3N2O3/c1-2-21-11(19)10-7-8-5-3-4-6-9(8)18(10)17-12(20)13(14,15)16/h3-7H,2H2,1H3,(H,17,20). The van der Waals surface area contributed by atoms with E-state index in [-0.39, 0.29) is 17.8 Å². The number of carbonyl (C=O) groups is 2. The predicted octanol–water partition coefficient (Wildman–Crippen LogP) is 2.45. The molecular weight excluding hydrogens is 289 g/mol. The first kappa shape index (κ1) is 14.9. The largest absolute Gasteiger partial charge is 0.472 e. The molecule has 112 valence electrons. The second-order valence-electron chi connectivity index (χ2n) is 4.08. The number of ether oxygens (including phenoxy) is 1. The molecule has 0 fully saturated rings. The van der Waals surface area contributed by atoms with Gasteiger partial charge in [0.25, 0.3) is 0 Å². The van der Waals surface area contributed by atoms with Crippen LogP contribution in [-0.2, 0) is 9.53 Å². The number of fused-ring (bicyclic) bond motifs is 1. The molecule has 0 aliphatic rings. The van der Waals surface area contributed by atoms with E-state index in [9.17, 15) is 22.8 Å². The number of amides is 1. The topological polar surface area (TPSA) is 60.3 Å². The van der Waals surface area contributed by atoms with E-state index in [1.165, 1.54) is 12.1 Å². The SMILES string of the molecule is CCOC(=O)c1cc2ccccc2n1NC(=O)C(F)(F)F. The molecule has 2 rings (SSSR count). The van der Waals surface area contributed by atoms with Gasteiger partial charge in [0.05, 0.1) is 12.1 Å². The van der Waals surface area contributed by atoms with Gasteiger partial charge in [0, 0.05) is 5.39 Å². The molecule has 1 aromatic heterocycles. The Hall–Kier alpha value is -2.51. The number of aromatic nitrogens is 1. The van der Waals surface area contributed by atoms with Crippen LogP contribution in [0.15, 0.2) is 30.3 Å². The Morgan fingerprint density at radius 2 is 1.95 bits per heavy atom. The smallest absolute Gasteiger partial charge is 0.461 e. The molecule has 8 heteroatoms. The molecule has 0 aliphatic heterocycles. The molecule has 0 atom stereocenters. The van der Waals surface area contributed by atoms with Crippen LogP contribution in [0.4, 0.5) is 13.2 Å². The summed E-state index contributed by atoms with van der Waals surface area (Å²) in [6.45, 7) is 1.63. The Morgan fingerprint density at radius 1 is 1.29 bits per heavy atom. The van der Waals surface area contributed by atoms with Crippen molar-refractivity contribution in [3.8, 4) is 0 Å². The summed E-state index contributed by atoms with van der Waals surface area (Å²) in [6, 6.07) is 7.67. The van der Waals surface area contributed by atoms with E-state index in [0.717, 1.165) is 4.68 Å². The molecule has 0 spiro atoms. The van der Waals surface area contributed by atoms with Gasteiger partial charge in [-0.15, -0.1) is 0 Å². The van der Waals surface area contributed by atoms with Gasteiger partial charge in [-0.05, 0) is 19.1 Å². The molecule has 1 amide bonds. The first-order valence-electron chi connectivity index (χ1n) is 6.00. The first-order chi connectivity index (χ1) is 9.84. The molecule has 21 heavy (non-hydrogen) atoms. The van der Waals surface area contributed by atoms with Crippen LogP contribution in [-0.4, -0.2) is 29.3 Å². The monoisotopic (exact) mass is 300 g/mol. The lowest BCUT2D eigenvalue weighted by atomic mass is 10.2. The van der Waals surface area contributed by atoms with E-state index >= 15 is 0 Å². The Labute approximate surface area is 117 Å². The van der Waals surface area contributed by atoms with Gasteiger partial charge in [-0.2, -0.15) is 13.2 Å². The number of nitrogens with one attached hydrogen (secondary N) is 1. The molecule has 0 unspecified atom stereocenters. The lowest BCUT2D eigenvalue weighted by molar-refractivity contribution is -0.168. The fraction of sp³-hybridized carbons (Fsp3) is 0.231. The maximum Gasteiger partial charge on any atom is 0.472 e. The van der Waals surface area contributed by atoms with Gasteiger partial charge < -0.3 is 4.74 Å². The molecule has 1 aromatic carbocycles. The number of benzene rings is 1. The number of carbonyl (C=O) groups excluding carboxylic acids is 2. The molecular formula is C13H11F3N2O3. The number of hydrogen-bond acceptors (Lipinski definition) is 3. The van der Waals surface area contributed by atoms with Crippen molar-refractivity contribution < 1.29 is 27.5 Å². The highest BCUT2D eigenvalue weighted by molar-refractivity contribution is 5.98. The van der Waals surface area contributed by atoms with Crippen molar-refractivity contribution >= 4 is 22.8 Å². The molecule has 0 bridgehead atoms. The minimum Gasteiger partial charge on any atom is -0.461 e. The third-order valence-electron chi connectivity index (χ3n) is 2.67. The number of rotatable bonds is 3. The fourth-order valence-electron chi connectivity index (χ4n) is 1.80. The summed E-state index contributed by atoms with van der Waals surface area (Å²) in [5, 5.41) is 0.503. The van der Waals surface area contributed by atoms with E-state index in [1.54, 1.807) is 30.5 Å². The summed E-state index contributed by atoms with van der Waals surface area (Å²) in [4.78, 5) is 22.9. The minimum atomic E-state index is -5.06. The van der Waals surface area contributed by atoms with Crippen molar-refractivity contribution in [2.45, 2.75) is 13.1 Å². The highest BCUT2D eigenvalue weighted by atomic mass is 19.4. The van der Waals surface area contributed by atoms with Crippen molar-refractivity contribution in [2.24, 2.45) is 0 Å². The van der Waals surface area contributed by atoms with Crippen molar-refractivity contribution in [3.05, 3.63) is 36.0 Å². The maximum atomic E-state index is 12.4. The van der Waals surface area contributed by atoms with Crippen molar-refractivity contribution in [3.63, 3.8) is 0 Å². The third-order valence-corrected chi connectivity index (χ3v) is 2.67. The van der Waals surface area contributed by atoms with Crippen LogP contribution in [0.25, 0.3) is 10.9 Å². The Balaban J connectivity index is 2.50. The van der Waals surface area contributed by atoms with Gasteiger partial charge in [0.1, 0.15) is 5.69 Å². The third kappa shape index (κ3) is 2.99. The number of halogens is 3. The van der Waals surface area contributed by atoms with Gasteiger partial charge in [-0.1, -0.05) is 18.2 Å². The van der Waals surface area contributed by atoms with Gasteiger partial charge in [-0.25, -0.2) is 9.47 Å². The molecule has 1 heterocycles. The van der Waals surface area contributed by atoms with Crippen LogP contribution < -0.4 is 5.43 Å². The molecule has 0 saturated carbocycles. The number of nitrogens with zero attached hydrogens (tertiary/aromatic N) is 1. The average molecular weight is 300 g/mol. The quantitative estimate of drug-likeness (QED) is 0.886. The molecule has 0 saturated heterocycles. The highest BCUT2D eigenvalue weighted by Crippen LogP contribution is 2.21. The second kappa shape index (κ2) is 5.47. The number of alkyl halides is 3. The Morgan fingerprint density at radius 3 is 2.57 bits per heavy atom. The molecule has 0 aliphatic carbocycles. The van der Waals surface area contributed by atoms with E-state index < -0.39 is 18.1 Å². The second-order valence-corrected chi connectivity index (χ2v) is 4.08. The van der Waals surface area contributed by atoms with Crippen LogP contribution in [0, 0.1) is 0 Å². The summed E-state index contributed by atoms with van der Waals surface area (Å²) in [7, 11) is 0. The average Bonchev–Trinajstić information content (AvgIpc) is 2.77. The number of esters is 1. The molecule has 0 radical (unpaired) electrons. The summed E-state index contributed by atoms with van der Waals surface area (Å²) in [5.41, 5.74) is 1.74. The van der Waals surface area contributed by atoms with Crippen LogP contribution >= 0.6 is 0 Å². The lowest BCUT2D eigenvalue weighted by Gasteiger charge is -2.13. The highest BCUT2D eigenvalue weighted by Gasteiger charge is 2.39. The van der Waals surface area contributed by atoms with Crippen LogP contribution in [0.1, 0.15) is 17.4 Å². The predicted molar refractivity (Wildman–Crippen MR) is 68.3 cm³/mol. The summed E-state index contributed by atoms with van der Waals surface area (Å²) in [6.07, 6.45) is -5.06. The Bertz CT molecular complexity index is 692. The van der Waals surface area contributed by atoms with Crippen molar-refractivity contribution in [2.75, 3.05) is 12.0 Å². The van der Waals surface area contributed by atoms with E-state index in [4.69, 9.17) is 4.74 Å². The van der Waals surface area contributed by atoms with Gasteiger partial charge in [0.15, 0.2) is 0 Å². The zero-order valence-electron chi connectivity index (χ0n) is 10.9. The van der Waals surface area contributed by atoms with Crippen LogP contribution in [0.5, 0.6) is 0 Å². The minimum absolute atomic E-state index is 0.0631. The zero-order chi connectivity index (χ0) is 15.6. The lowest BCUT2D eigenvalue weighted by Crippen LogP contribution is -2.36. The van der Waals surface area contributed by atoms with E-state index in [1.807, 2.05) is 0 Å². The number of para-hydroxylation sites is 1. The van der Waals surface area contributed by atoms with Gasteiger partial charge in [-0.3, -0.25) is 10.2 Å². The van der Waals surface area contributed by atoms with Gasteiger partial charge in [0.2, 0.25) is 0 Å². The van der Waals surface area contributed by atoms with Crippen molar-refractivity contribution in [1.29, 1.82) is 0 Å². The van der Waals surface area contributed by atoms with Crippen LogP contribution in [0.2, 0.25) is 0 Å². The Kier molecular flexibility index (Phi) is 3.88. The normalized spacial score (nSPS) is 11.4. The maximum absolute atomic E-state index is 12.4. The molecule has 1 N–H and O–H groups in total. The summed E-state index contributed by atoms with van der Waals surface area (Å²) in [5.74, 6) is -2.99. The van der Waals surface area contributed by atoms with E-state index in [0.29, 0.717) is 5.39 Å². The molecule has 5 nitrogen and oxygen atoms in total. The number of hydrogen-bond donors (Lipinski definition) is 1. The zero-order valence-corrected chi connectivity index (χ0v) is 10.9.